The second-order valence-corrected chi connectivity index (χ2v) is 5.45. The van der Waals surface area contributed by atoms with Gasteiger partial charge >= 0.3 is 5.97 Å². The van der Waals surface area contributed by atoms with Crippen molar-refractivity contribution in [2.45, 2.75) is 20.1 Å². The Kier molecular flexibility index (Phi) is 3.74. The molecule has 7 nitrogen and oxygen atoms in total. The Labute approximate surface area is 115 Å². The van der Waals surface area contributed by atoms with Crippen LogP contribution in [0.5, 0.6) is 0 Å². The van der Waals surface area contributed by atoms with Gasteiger partial charge in [-0.05, 0) is 12.1 Å². The molecule has 1 aromatic carbocycles. The molecule has 0 unspecified atom stereocenters. The number of carbonyl (C=O) groups is 1. The lowest BCUT2D eigenvalue weighted by Crippen LogP contribution is -2.34. The van der Waals surface area contributed by atoms with E-state index in [9.17, 15) is 14.9 Å². The number of nitro benzene ring substituents is 1. The average Bonchev–Trinajstić information content (AvgIpc) is 2.38. The minimum atomic E-state index is -1.22. The number of nitro groups is 1. The van der Waals surface area contributed by atoms with Gasteiger partial charge in [-0.2, -0.15) is 0 Å². The molecule has 0 spiro atoms. The van der Waals surface area contributed by atoms with E-state index in [1.807, 2.05) is 13.8 Å². The number of benzene rings is 1. The second-order valence-electron chi connectivity index (χ2n) is 5.45. The van der Waals surface area contributed by atoms with Gasteiger partial charge in [0.2, 0.25) is 0 Å². The lowest BCUT2D eigenvalue weighted by molar-refractivity contribution is -0.387. The van der Waals surface area contributed by atoms with Crippen LogP contribution in [-0.4, -0.2) is 29.2 Å². The normalized spacial score (nSPS) is 18.7. The molecule has 7 heteroatoms. The molecule has 0 amide bonds. The van der Waals surface area contributed by atoms with Gasteiger partial charge in [0.15, 0.2) is 6.29 Å². The van der Waals surface area contributed by atoms with E-state index in [0.29, 0.717) is 13.2 Å². The number of carboxylic acids is 1. The number of rotatable bonds is 3. The average molecular weight is 281 g/mol. The van der Waals surface area contributed by atoms with Gasteiger partial charge in [0.25, 0.3) is 5.69 Å². The van der Waals surface area contributed by atoms with E-state index >= 15 is 0 Å². The quantitative estimate of drug-likeness (QED) is 0.674. The van der Waals surface area contributed by atoms with Crippen LogP contribution in [0.4, 0.5) is 5.69 Å². The van der Waals surface area contributed by atoms with Gasteiger partial charge in [0, 0.05) is 11.5 Å². The summed E-state index contributed by atoms with van der Waals surface area (Å²) in [4.78, 5) is 21.3. The van der Waals surface area contributed by atoms with Crippen LogP contribution in [0.25, 0.3) is 0 Å². The fourth-order valence-electron chi connectivity index (χ4n) is 1.91. The Bertz CT molecular complexity index is 544. The Morgan fingerprint density at radius 3 is 2.50 bits per heavy atom. The maximum atomic E-state index is 11.1. The topological polar surface area (TPSA) is 98.9 Å². The molecule has 20 heavy (non-hydrogen) atoms. The molecule has 1 aliphatic heterocycles. The van der Waals surface area contributed by atoms with Crippen molar-refractivity contribution in [3.63, 3.8) is 0 Å². The molecule has 0 aliphatic carbocycles. The molecule has 1 saturated heterocycles. The maximum absolute atomic E-state index is 11.1. The van der Waals surface area contributed by atoms with Crippen molar-refractivity contribution in [1.82, 2.24) is 0 Å². The standard InChI is InChI=1S/C13H15NO6/c1-13(2)6-19-12(20-7-13)9-4-3-8(11(15)16)5-10(9)14(17)18/h3-5,12H,6-7H2,1-2H3,(H,15,16). The molecule has 1 N–H and O–H groups in total. The Hall–Kier alpha value is -1.99. The highest BCUT2D eigenvalue weighted by molar-refractivity contribution is 5.88. The molecule has 0 aromatic heterocycles. The van der Waals surface area contributed by atoms with Crippen molar-refractivity contribution in [3.8, 4) is 0 Å². The van der Waals surface area contributed by atoms with Crippen molar-refractivity contribution in [2.75, 3.05) is 13.2 Å². The lowest BCUT2D eigenvalue weighted by atomic mass is 9.95. The summed E-state index contributed by atoms with van der Waals surface area (Å²) in [6.07, 6.45) is -0.841. The first-order valence-corrected chi connectivity index (χ1v) is 6.05. The number of hydrogen-bond donors (Lipinski definition) is 1. The van der Waals surface area contributed by atoms with E-state index in [2.05, 4.69) is 0 Å². The molecular weight excluding hydrogens is 266 g/mol. The van der Waals surface area contributed by atoms with Crippen molar-refractivity contribution < 1.29 is 24.3 Å². The Morgan fingerprint density at radius 1 is 1.40 bits per heavy atom. The Balaban J connectivity index is 2.32. The molecule has 1 fully saturated rings. The van der Waals surface area contributed by atoms with E-state index in [4.69, 9.17) is 14.6 Å². The fraction of sp³-hybridized carbons (Fsp3) is 0.462. The number of ether oxygens (including phenoxy) is 2. The molecular formula is C13H15NO6. The molecule has 1 aliphatic rings. The minimum absolute atomic E-state index is 0.142. The first-order chi connectivity index (χ1) is 9.30. The van der Waals surface area contributed by atoms with E-state index in [0.717, 1.165) is 6.07 Å². The molecule has 1 aromatic rings. The van der Waals surface area contributed by atoms with Gasteiger partial charge in [0.05, 0.1) is 29.3 Å². The highest BCUT2D eigenvalue weighted by Gasteiger charge is 2.33. The van der Waals surface area contributed by atoms with Crippen LogP contribution in [0.15, 0.2) is 18.2 Å². The van der Waals surface area contributed by atoms with Gasteiger partial charge in [-0.15, -0.1) is 0 Å². The summed E-state index contributed by atoms with van der Waals surface area (Å²) >= 11 is 0. The molecule has 0 bridgehead atoms. The monoisotopic (exact) mass is 281 g/mol. The van der Waals surface area contributed by atoms with E-state index in [-0.39, 0.29) is 22.2 Å². The highest BCUT2D eigenvalue weighted by Crippen LogP contribution is 2.35. The van der Waals surface area contributed by atoms with Gasteiger partial charge in [-0.25, -0.2) is 4.79 Å². The molecule has 0 radical (unpaired) electrons. The largest absolute Gasteiger partial charge is 0.478 e. The maximum Gasteiger partial charge on any atom is 0.335 e. The zero-order valence-corrected chi connectivity index (χ0v) is 11.2. The predicted octanol–water partition coefficient (Wildman–Crippen LogP) is 2.36. The fourth-order valence-corrected chi connectivity index (χ4v) is 1.91. The summed E-state index contributed by atoms with van der Waals surface area (Å²) in [5.74, 6) is -1.22. The summed E-state index contributed by atoms with van der Waals surface area (Å²) in [6, 6.07) is 3.69. The molecule has 2 rings (SSSR count). The van der Waals surface area contributed by atoms with Gasteiger partial charge in [-0.1, -0.05) is 13.8 Å². The van der Waals surface area contributed by atoms with E-state index in [1.165, 1.54) is 12.1 Å². The van der Waals surface area contributed by atoms with Crippen LogP contribution in [0.1, 0.15) is 36.1 Å². The third-order valence-corrected chi connectivity index (χ3v) is 2.98. The molecule has 108 valence electrons. The van der Waals surface area contributed by atoms with Gasteiger partial charge in [-0.3, -0.25) is 10.1 Å². The second kappa shape index (κ2) is 5.18. The summed E-state index contributed by atoms with van der Waals surface area (Å²) in [5.41, 5.74) is -0.367. The zero-order valence-electron chi connectivity index (χ0n) is 11.2. The number of hydrogen-bond acceptors (Lipinski definition) is 5. The summed E-state index contributed by atoms with van der Waals surface area (Å²) in [7, 11) is 0. The SMILES string of the molecule is CC1(C)COC(c2ccc(C(=O)O)cc2[N+](=O)[O-])OC1. The lowest BCUT2D eigenvalue weighted by Gasteiger charge is -2.34. The third-order valence-electron chi connectivity index (χ3n) is 2.98. The predicted molar refractivity (Wildman–Crippen MR) is 68.5 cm³/mol. The molecule has 0 saturated carbocycles. The van der Waals surface area contributed by atoms with Crippen LogP contribution >= 0.6 is 0 Å². The van der Waals surface area contributed by atoms with Crippen LogP contribution in [0.2, 0.25) is 0 Å². The highest BCUT2D eigenvalue weighted by atomic mass is 16.7. The van der Waals surface area contributed by atoms with Crippen LogP contribution in [-0.2, 0) is 9.47 Å². The summed E-state index contributed by atoms with van der Waals surface area (Å²) in [5, 5.41) is 19.9. The van der Waals surface area contributed by atoms with Crippen LogP contribution in [0.3, 0.4) is 0 Å². The smallest absolute Gasteiger partial charge is 0.335 e. The molecule has 0 atom stereocenters. The third kappa shape index (κ3) is 2.94. The van der Waals surface area contributed by atoms with Crippen molar-refractivity contribution >= 4 is 11.7 Å². The summed E-state index contributed by atoms with van der Waals surface area (Å²) < 4.78 is 11.0. The first kappa shape index (κ1) is 14.4. The van der Waals surface area contributed by atoms with Crippen molar-refractivity contribution in [1.29, 1.82) is 0 Å². The van der Waals surface area contributed by atoms with E-state index < -0.39 is 17.2 Å². The number of carboxylic acid groups (broad SMARTS) is 1. The number of aromatic carboxylic acids is 1. The van der Waals surface area contributed by atoms with Crippen LogP contribution in [0, 0.1) is 15.5 Å². The molecule has 1 heterocycles. The number of nitrogens with zero attached hydrogens (tertiary/aromatic N) is 1. The van der Waals surface area contributed by atoms with Crippen molar-refractivity contribution in [2.24, 2.45) is 5.41 Å². The first-order valence-electron chi connectivity index (χ1n) is 6.05. The van der Waals surface area contributed by atoms with Gasteiger partial charge in [0.1, 0.15) is 0 Å². The summed E-state index contributed by atoms with van der Waals surface area (Å²) in [6.45, 7) is 4.75. The van der Waals surface area contributed by atoms with Crippen molar-refractivity contribution in [3.05, 3.63) is 39.4 Å². The minimum Gasteiger partial charge on any atom is -0.478 e. The Morgan fingerprint density at radius 2 is 2.00 bits per heavy atom. The van der Waals surface area contributed by atoms with Gasteiger partial charge < -0.3 is 14.6 Å². The van der Waals surface area contributed by atoms with E-state index in [1.54, 1.807) is 0 Å². The zero-order chi connectivity index (χ0) is 14.9. The van der Waals surface area contributed by atoms with Crippen LogP contribution < -0.4 is 0 Å².